The number of nitrogens with one attached hydrogen (secondary N) is 2. The minimum atomic E-state index is -0.296. The number of benzene rings is 2. The normalized spacial score (nSPS) is 16.9. The van der Waals surface area contributed by atoms with Crippen molar-refractivity contribution in [3.63, 3.8) is 0 Å². The van der Waals surface area contributed by atoms with Crippen LogP contribution < -0.4 is 15.4 Å². The average Bonchev–Trinajstić information content (AvgIpc) is 3.53. The van der Waals surface area contributed by atoms with Gasteiger partial charge in [-0.05, 0) is 72.9 Å². The van der Waals surface area contributed by atoms with E-state index in [0.717, 1.165) is 17.1 Å². The minimum absolute atomic E-state index is 0.152. The fourth-order valence-corrected chi connectivity index (χ4v) is 4.95. The van der Waals surface area contributed by atoms with Crippen molar-refractivity contribution in [3.05, 3.63) is 108 Å². The zero-order chi connectivity index (χ0) is 25.8. The SMILES string of the molecule is COc1ccccc1NC(=O)CCN1C(=S)N[C@H](c2ccccn2)[C@H]1c1cccn1-c1ccc(F)cc1. The van der Waals surface area contributed by atoms with Gasteiger partial charge >= 0.3 is 0 Å². The number of anilines is 1. The summed E-state index contributed by atoms with van der Waals surface area (Å²) < 4.78 is 21.0. The Morgan fingerprint density at radius 2 is 1.86 bits per heavy atom. The van der Waals surface area contributed by atoms with Crippen LogP contribution in [0.15, 0.2) is 91.3 Å². The Morgan fingerprint density at radius 1 is 1.08 bits per heavy atom. The molecule has 0 radical (unpaired) electrons. The zero-order valence-corrected chi connectivity index (χ0v) is 21.0. The van der Waals surface area contributed by atoms with Crippen LogP contribution in [0.3, 0.4) is 0 Å². The first-order valence-electron chi connectivity index (χ1n) is 11.9. The van der Waals surface area contributed by atoms with E-state index in [1.54, 1.807) is 37.6 Å². The number of thiocarbonyl (C=S) groups is 1. The summed E-state index contributed by atoms with van der Waals surface area (Å²) >= 11 is 5.74. The van der Waals surface area contributed by atoms with Gasteiger partial charge in [0.1, 0.15) is 11.6 Å². The molecule has 0 unspecified atom stereocenters. The van der Waals surface area contributed by atoms with E-state index < -0.39 is 0 Å². The molecular weight excluding hydrogens is 489 g/mol. The first-order chi connectivity index (χ1) is 18.0. The van der Waals surface area contributed by atoms with Crippen LogP contribution in [0.5, 0.6) is 5.75 Å². The van der Waals surface area contributed by atoms with Gasteiger partial charge in [0.15, 0.2) is 5.11 Å². The van der Waals surface area contributed by atoms with E-state index in [1.165, 1.54) is 12.1 Å². The summed E-state index contributed by atoms with van der Waals surface area (Å²) in [5, 5.41) is 6.88. The van der Waals surface area contributed by atoms with Crippen molar-refractivity contribution in [2.45, 2.75) is 18.5 Å². The van der Waals surface area contributed by atoms with Gasteiger partial charge < -0.3 is 24.8 Å². The van der Waals surface area contributed by atoms with E-state index >= 15 is 0 Å². The van der Waals surface area contributed by atoms with Crippen LogP contribution in [0.25, 0.3) is 5.69 Å². The van der Waals surface area contributed by atoms with E-state index in [-0.39, 0.29) is 30.2 Å². The topological polar surface area (TPSA) is 71.4 Å². The summed E-state index contributed by atoms with van der Waals surface area (Å²) in [6, 6.07) is 22.9. The molecular formula is C28H26FN5O2S. The Bertz CT molecular complexity index is 1390. The smallest absolute Gasteiger partial charge is 0.226 e. The number of aromatic nitrogens is 2. The third-order valence-corrected chi connectivity index (χ3v) is 6.70. The molecule has 1 aliphatic rings. The number of pyridine rings is 1. The monoisotopic (exact) mass is 515 g/mol. The van der Waals surface area contributed by atoms with Crippen LogP contribution in [0.4, 0.5) is 10.1 Å². The molecule has 7 nitrogen and oxygen atoms in total. The Balaban J connectivity index is 1.43. The number of carbonyl (C=O) groups excluding carboxylic acids is 1. The lowest BCUT2D eigenvalue weighted by molar-refractivity contribution is -0.116. The second-order valence-electron chi connectivity index (χ2n) is 8.60. The lowest BCUT2D eigenvalue weighted by atomic mass is 10.0. The summed E-state index contributed by atoms with van der Waals surface area (Å²) in [6.45, 7) is 0.384. The summed E-state index contributed by atoms with van der Waals surface area (Å²) in [4.78, 5) is 19.5. The van der Waals surface area contributed by atoms with Crippen LogP contribution in [0, 0.1) is 5.82 Å². The summed E-state index contributed by atoms with van der Waals surface area (Å²) in [7, 11) is 1.57. The number of para-hydroxylation sites is 2. The van der Waals surface area contributed by atoms with Gasteiger partial charge in [-0.15, -0.1) is 0 Å². The molecule has 1 saturated heterocycles. The summed E-state index contributed by atoms with van der Waals surface area (Å²) in [5.41, 5.74) is 3.22. The molecule has 9 heteroatoms. The molecule has 1 aliphatic heterocycles. The van der Waals surface area contributed by atoms with Crippen LogP contribution in [0.2, 0.25) is 0 Å². The average molecular weight is 516 g/mol. The van der Waals surface area contributed by atoms with Crippen LogP contribution in [0.1, 0.15) is 29.9 Å². The molecule has 1 amide bonds. The summed E-state index contributed by atoms with van der Waals surface area (Å²) in [5.74, 6) is 0.149. The number of hydrogen-bond acceptors (Lipinski definition) is 4. The molecule has 2 atom stereocenters. The van der Waals surface area contributed by atoms with Crippen LogP contribution in [-0.2, 0) is 4.79 Å². The Morgan fingerprint density at radius 3 is 2.62 bits per heavy atom. The largest absolute Gasteiger partial charge is 0.495 e. The fourth-order valence-electron chi connectivity index (χ4n) is 4.62. The first kappa shape index (κ1) is 24.5. The maximum absolute atomic E-state index is 13.6. The zero-order valence-electron chi connectivity index (χ0n) is 20.2. The highest BCUT2D eigenvalue weighted by Gasteiger charge is 2.41. The maximum atomic E-state index is 13.6. The molecule has 1 fully saturated rings. The van der Waals surface area contributed by atoms with Gasteiger partial charge in [0.25, 0.3) is 0 Å². The van der Waals surface area contributed by atoms with E-state index in [1.807, 2.05) is 58.1 Å². The number of carbonyl (C=O) groups is 1. The lowest BCUT2D eigenvalue weighted by Crippen LogP contribution is -2.33. The summed E-state index contributed by atoms with van der Waals surface area (Å²) in [6.07, 6.45) is 3.90. The Labute approximate surface area is 219 Å². The highest BCUT2D eigenvalue weighted by molar-refractivity contribution is 7.80. The fraction of sp³-hybridized carbons (Fsp3) is 0.179. The van der Waals surface area contributed by atoms with E-state index in [4.69, 9.17) is 17.0 Å². The van der Waals surface area contributed by atoms with Gasteiger partial charge in [0, 0.05) is 36.7 Å². The number of hydrogen-bond donors (Lipinski definition) is 2. The van der Waals surface area contributed by atoms with Crippen molar-refractivity contribution in [2.24, 2.45) is 0 Å². The van der Waals surface area contributed by atoms with Crippen molar-refractivity contribution in [1.82, 2.24) is 19.8 Å². The molecule has 37 heavy (non-hydrogen) atoms. The number of nitrogens with zero attached hydrogens (tertiary/aromatic N) is 3. The molecule has 0 bridgehead atoms. The van der Waals surface area contributed by atoms with Gasteiger partial charge in [0.2, 0.25) is 5.91 Å². The first-order valence-corrected chi connectivity index (χ1v) is 12.3. The maximum Gasteiger partial charge on any atom is 0.226 e. The van der Waals surface area contributed by atoms with Crippen molar-refractivity contribution >= 4 is 28.9 Å². The standard InChI is InChI=1S/C28H26FN5O2S/c1-36-24-10-3-2-7-21(24)31-25(35)15-18-34-27(26(32-28(34)37)22-8-4-5-16-30-22)23-9-6-17-33(23)20-13-11-19(29)12-14-20/h2-14,16-17,26-27H,15,18H2,1H3,(H,31,35)(H,32,37)/t26-,27-/m1/s1. The number of ether oxygens (including phenoxy) is 1. The number of rotatable bonds is 8. The number of methoxy groups -OCH3 is 1. The predicted molar refractivity (Wildman–Crippen MR) is 144 cm³/mol. The van der Waals surface area contributed by atoms with Crippen molar-refractivity contribution in [2.75, 3.05) is 19.0 Å². The highest BCUT2D eigenvalue weighted by atomic mass is 32.1. The molecule has 2 N–H and O–H groups in total. The molecule has 188 valence electrons. The quantitative estimate of drug-likeness (QED) is 0.321. The predicted octanol–water partition coefficient (Wildman–Crippen LogP) is 5.02. The van der Waals surface area contributed by atoms with Gasteiger partial charge in [0.05, 0.1) is 30.6 Å². The highest BCUT2D eigenvalue weighted by Crippen LogP contribution is 2.39. The Kier molecular flexibility index (Phi) is 7.14. The van der Waals surface area contributed by atoms with Crippen molar-refractivity contribution < 1.29 is 13.9 Å². The second-order valence-corrected chi connectivity index (χ2v) is 8.98. The van der Waals surface area contributed by atoms with E-state index in [2.05, 4.69) is 15.6 Å². The van der Waals surface area contributed by atoms with Crippen LogP contribution in [-0.4, -0.2) is 39.1 Å². The molecule has 2 aromatic heterocycles. The van der Waals surface area contributed by atoms with Gasteiger partial charge in [-0.1, -0.05) is 18.2 Å². The second kappa shape index (κ2) is 10.8. The molecule has 0 spiro atoms. The molecule has 2 aromatic carbocycles. The third-order valence-electron chi connectivity index (χ3n) is 6.35. The van der Waals surface area contributed by atoms with Crippen molar-refractivity contribution in [3.8, 4) is 11.4 Å². The van der Waals surface area contributed by atoms with Gasteiger partial charge in [-0.2, -0.15) is 0 Å². The van der Waals surface area contributed by atoms with Crippen molar-refractivity contribution in [1.29, 1.82) is 0 Å². The number of halogens is 1. The minimum Gasteiger partial charge on any atom is -0.495 e. The molecule has 4 aromatic rings. The number of amides is 1. The van der Waals surface area contributed by atoms with Gasteiger partial charge in [-0.25, -0.2) is 4.39 Å². The molecule has 5 rings (SSSR count). The third kappa shape index (κ3) is 5.17. The Hall–Kier alpha value is -4.24. The van der Waals surface area contributed by atoms with Gasteiger partial charge in [-0.3, -0.25) is 9.78 Å². The molecule has 0 aliphatic carbocycles. The molecule has 3 heterocycles. The van der Waals surface area contributed by atoms with E-state index in [9.17, 15) is 9.18 Å². The lowest BCUT2D eigenvalue weighted by Gasteiger charge is -2.29. The van der Waals surface area contributed by atoms with Crippen LogP contribution >= 0.6 is 12.2 Å². The van der Waals surface area contributed by atoms with E-state index in [0.29, 0.717) is 23.1 Å². The molecule has 0 saturated carbocycles.